The minimum Gasteiger partial charge on any atom is -0.0955 e. The van der Waals surface area contributed by atoms with Crippen LogP contribution in [0, 0.1) is 5.92 Å². The summed E-state index contributed by atoms with van der Waals surface area (Å²) in [5.41, 5.74) is 13.5. The van der Waals surface area contributed by atoms with Gasteiger partial charge in [-0.05, 0) is 70.2 Å². The lowest BCUT2D eigenvalue weighted by atomic mass is 9.83. The summed E-state index contributed by atoms with van der Waals surface area (Å²) in [7, 11) is 0. The Kier molecular flexibility index (Phi) is 6.24. The van der Waals surface area contributed by atoms with Crippen molar-refractivity contribution >= 4 is 17.2 Å². The lowest BCUT2D eigenvalue weighted by molar-refractivity contribution is 0.739. The molecule has 0 N–H and O–H groups in total. The first-order chi connectivity index (χ1) is 16.5. The summed E-state index contributed by atoms with van der Waals surface area (Å²) in [4.78, 5) is 0. The van der Waals surface area contributed by atoms with Gasteiger partial charge in [-0.3, -0.25) is 0 Å². The molecule has 3 aromatic rings. The second-order valence-electron chi connectivity index (χ2n) is 9.90. The van der Waals surface area contributed by atoms with Crippen LogP contribution in [-0.2, 0) is 6.42 Å². The molecule has 2 unspecified atom stereocenters. The van der Waals surface area contributed by atoms with Crippen LogP contribution in [0.5, 0.6) is 0 Å². The Balaban J connectivity index is 1.45. The molecule has 5 rings (SSSR count). The number of fused-ring (bicyclic) bond motifs is 1. The van der Waals surface area contributed by atoms with Gasteiger partial charge in [0.1, 0.15) is 0 Å². The first-order valence-corrected chi connectivity index (χ1v) is 12.6. The van der Waals surface area contributed by atoms with Crippen LogP contribution < -0.4 is 0 Å². The van der Waals surface area contributed by atoms with Gasteiger partial charge in [0, 0.05) is 5.92 Å². The van der Waals surface area contributed by atoms with Crippen molar-refractivity contribution in [2.45, 2.75) is 46.0 Å². The molecule has 0 radical (unpaired) electrons. The summed E-state index contributed by atoms with van der Waals surface area (Å²) >= 11 is 0. The summed E-state index contributed by atoms with van der Waals surface area (Å²) in [5.74, 6) is 0.949. The third-order valence-corrected chi connectivity index (χ3v) is 7.24. The topological polar surface area (TPSA) is 0 Å². The Morgan fingerprint density at radius 3 is 2.35 bits per heavy atom. The molecule has 2 atom stereocenters. The highest BCUT2D eigenvalue weighted by molar-refractivity contribution is 5.87. The molecule has 3 aromatic carbocycles. The van der Waals surface area contributed by atoms with Gasteiger partial charge in [0.25, 0.3) is 0 Å². The molecule has 2 aliphatic carbocycles. The first-order valence-electron chi connectivity index (χ1n) is 12.6. The minimum absolute atomic E-state index is 0.441. The van der Waals surface area contributed by atoms with Crippen LogP contribution in [0.2, 0.25) is 0 Å². The number of allylic oxidation sites excluding steroid dienone is 6. The fourth-order valence-corrected chi connectivity index (χ4v) is 5.60. The van der Waals surface area contributed by atoms with Crippen LogP contribution in [0.1, 0.15) is 67.3 Å². The highest BCUT2D eigenvalue weighted by atomic mass is 14.3. The van der Waals surface area contributed by atoms with E-state index in [-0.39, 0.29) is 0 Å². The highest BCUT2D eigenvalue weighted by Gasteiger charge is 2.27. The van der Waals surface area contributed by atoms with Crippen molar-refractivity contribution in [1.29, 1.82) is 0 Å². The van der Waals surface area contributed by atoms with Gasteiger partial charge < -0.3 is 0 Å². The molecule has 0 fully saturated rings. The van der Waals surface area contributed by atoms with E-state index in [1.54, 1.807) is 5.57 Å². The van der Waals surface area contributed by atoms with Crippen LogP contribution >= 0.6 is 0 Å². The van der Waals surface area contributed by atoms with Gasteiger partial charge >= 0.3 is 0 Å². The predicted molar refractivity (Wildman–Crippen MR) is 149 cm³/mol. The Hall–Kier alpha value is -3.38. The number of rotatable bonds is 7. The zero-order chi connectivity index (χ0) is 23.7. The Morgan fingerprint density at radius 2 is 1.68 bits per heavy atom. The smallest absolute Gasteiger partial charge is 0.0104 e. The standard InChI is InChI=1S/C34H34/c1-5-9-27-22-29-10-8-13-30(23(2)3)34(29)33(27)21-25-15-18-26(19-16-25)31-11-6-7-12-32(31)28-17-14-24(4)20-28/h6-8,10-20,22,24,33H,2,5,9,21H2,1,3-4H3. The second-order valence-corrected chi connectivity index (χ2v) is 9.90. The summed E-state index contributed by atoms with van der Waals surface area (Å²) in [6, 6.07) is 24.7. The normalized spacial score (nSPS) is 18.6. The molecule has 0 amide bonds. The maximum Gasteiger partial charge on any atom is 0.0104 e. The molecule has 0 heteroatoms. The SMILES string of the molecule is C=C(C)c1cccc2c1C(Cc1ccc(-c3ccccc3C3=CC(C)C=C3)cc1)C(CCC)=C2. The van der Waals surface area contributed by atoms with E-state index in [1.165, 1.54) is 50.9 Å². The Bertz CT molecular complexity index is 1310. The van der Waals surface area contributed by atoms with Crippen LogP contribution in [0.25, 0.3) is 28.3 Å². The maximum absolute atomic E-state index is 4.27. The summed E-state index contributed by atoms with van der Waals surface area (Å²) in [6.07, 6.45) is 12.7. The molecular formula is C34H34. The maximum atomic E-state index is 4.27. The van der Waals surface area contributed by atoms with Crippen LogP contribution in [0.15, 0.2) is 97.1 Å². The predicted octanol–water partition coefficient (Wildman–Crippen LogP) is 9.50. The molecule has 0 aromatic heterocycles. The van der Waals surface area contributed by atoms with Crippen molar-refractivity contribution < 1.29 is 0 Å². The van der Waals surface area contributed by atoms with E-state index < -0.39 is 0 Å². The van der Waals surface area contributed by atoms with Crippen LogP contribution in [-0.4, -0.2) is 0 Å². The largest absolute Gasteiger partial charge is 0.0955 e. The van der Waals surface area contributed by atoms with Crippen molar-refractivity contribution in [1.82, 2.24) is 0 Å². The molecule has 0 saturated carbocycles. The lowest BCUT2D eigenvalue weighted by Crippen LogP contribution is -2.06. The van der Waals surface area contributed by atoms with Gasteiger partial charge in [-0.2, -0.15) is 0 Å². The summed E-state index contributed by atoms with van der Waals surface area (Å²) in [6.45, 7) is 10.9. The van der Waals surface area contributed by atoms with Crippen molar-refractivity contribution in [3.63, 3.8) is 0 Å². The van der Waals surface area contributed by atoms with Crippen molar-refractivity contribution in [3.8, 4) is 11.1 Å². The second kappa shape index (κ2) is 9.47. The molecule has 0 saturated heterocycles. The fourth-order valence-electron chi connectivity index (χ4n) is 5.60. The van der Waals surface area contributed by atoms with Gasteiger partial charge in [0.2, 0.25) is 0 Å². The molecule has 170 valence electrons. The number of benzene rings is 3. The Morgan fingerprint density at radius 1 is 0.912 bits per heavy atom. The van der Waals surface area contributed by atoms with E-state index in [0.717, 1.165) is 18.4 Å². The summed E-state index contributed by atoms with van der Waals surface area (Å²) < 4.78 is 0. The van der Waals surface area contributed by atoms with Crippen molar-refractivity contribution in [3.05, 3.63) is 125 Å². The van der Waals surface area contributed by atoms with Crippen molar-refractivity contribution in [2.24, 2.45) is 5.92 Å². The van der Waals surface area contributed by atoms with Gasteiger partial charge in [-0.15, -0.1) is 0 Å². The monoisotopic (exact) mass is 442 g/mol. The average molecular weight is 443 g/mol. The van der Waals surface area contributed by atoms with E-state index in [0.29, 0.717) is 11.8 Å². The van der Waals surface area contributed by atoms with E-state index in [9.17, 15) is 0 Å². The zero-order valence-corrected chi connectivity index (χ0v) is 20.6. The quantitative estimate of drug-likeness (QED) is 0.342. The van der Waals surface area contributed by atoms with E-state index >= 15 is 0 Å². The average Bonchev–Trinajstić information content (AvgIpc) is 3.43. The molecule has 2 aliphatic rings. The molecule has 0 nitrogen and oxygen atoms in total. The number of hydrogen-bond donors (Lipinski definition) is 0. The Labute approximate surface area is 205 Å². The molecule has 0 bridgehead atoms. The van der Waals surface area contributed by atoms with Crippen LogP contribution in [0.3, 0.4) is 0 Å². The first kappa shape index (κ1) is 22.4. The third kappa shape index (κ3) is 4.26. The zero-order valence-electron chi connectivity index (χ0n) is 20.6. The number of hydrogen-bond acceptors (Lipinski definition) is 0. The molecule has 0 spiro atoms. The fraction of sp³-hybridized carbons (Fsp3) is 0.235. The lowest BCUT2D eigenvalue weighted by Gasteiger charge is -2.20. The summed E-state index contributed by atoms with van der Waals surface area (Å²) in [5, 5.41) is 0. The van der Waals surface area contributed by atoms with Crippen LogP contribution in [0.4, 0.5) is 0 Å². The van der Waals surface area contributed by atoms with Gasteiger partial charge in [0.15, 0.2) is 0 Å². The van der Waals surface area contributed by atoms with Gasteiger partial charge in [-0.25, -0.2) is 0 Å². The van der Waals surface area contributed by atoms with E-state index in [4.69, 9.17) is 0 Å². The van der Waals surface area contributed by atoms with Gasteiger partial charge in [0.05, 0.1) is 0 Å². The highest BCUT2D eigenvalue weighted by Crippen LogP contribution is 2.44. The van der Waals surface area contributed by atoms with Gasteiger partial charge in [-0.1, -0.05) is 129 Å². The molecule has 0 aliphatic heterocycles. The molecule has 34 heavy (non-hydrogen) atoms. The minimum atomic E-state index is 0.441. The van der Waals surface area contributed by atoms with E-state index in [1.807, 2.05) is 0 Å². The van der Waals surface area contributed by atoms with Crippen molar-refractivity contribution in [2.75, 3.05) is 0 Å². The molecule has 0 heterocycles. The van der Waals surface area contributed by atoms with E-state index in [2.05, 4.69) is 118 Å². The third-order valence-electron chi connectivity index (χ3n) is 7.24. The molecular weight excluding hydrogens is 408 g/mol.